The average Bonchev–Trinajstić information content (AvgIpc) is 3.66. The maximum Gasteiger partial charge on any atom is 0.0561 e. The van der Waals surface area contributed by atoms with Crippen molar-refractivity contribution in [3.8, 4) is 50.2 Å². The van der Waals surface area contributed by atoms with E-state index in [9.17, 15) is 0 Å². The van der Waals surface area contributed by atoms with Crippen LogP contribution >= 0.6 is 0 Å². The summed E-state index contributed by atoms with van der Waals surface area (Å²) in [5.41, 5.74) is 16.3. The third-order valence-corrected chi connectivity index (χ3v) is 11.8. The first kappa shape index (κ1) is 35.2. The minimum Gasteiger partial charge on any atom is -0.310 e. The molecule has 0 atom stereocenters. The Kier molecular flexibility index (Phi) is 8.87. The van der Waals surface area contributed by atoms with E-state index in [1.165, 1.54) is 66.0 Å². The molecule has 11 rings (SSSR count). The Morgan fingerprint density at radius 2 is 0.850 bits per heavy atom. The van der Waals surface area contributed by atoms with Crippen LogP contribution in [0.5, 0.6) is 0 Å². The summed E-state index contributed by atoms with van der Waals surface area (Å²) >= 11 is 0. The van der Waals surface area contributed by atoms with Gasteiger partial charge in [0.15, 0.2) is 0 Å². The smallest absolute Gasteiger partial charge is 0.0561 e. The number of aromatic nitrogens is 1. The number of hydrogen-bond donors (Lipinski definition) is 0. The summed E-state index contributed by atoms with van der Waals surface area (Å²) in [6.45, 7) is 0. The highest BCUT2D eigenvalue weighted by molar-refractivity contribution is 6.11. The Hall–Kier alpha value is -7.94. The molecule has 10 aromatic carbocycles. The van der Waals surface area contributed by atoms with Gasteiger partial charge in [0.05, 0.1) is 16.7 Å². The normalized spacial score (nSPS) is 11.3. The largest absolute Gasteiger partial charge is 0.310 e. The predicted molar refractivity (Wildman–Crippen MR) is 255 cm³/mol. The molecule has 0 saturated carbocycles. The molecule has 0 bridgehead atoms. The number of hydrogen-bond acceptors (Lipinski definition) is 1. The molecule has 0 saturated heterocycles. The van der Waals surface area contributed by atoms with Crippen LogP contribution in [0.4, 0.5) is 17.1 Å². The molecule has 0 amide bonds. The van der Waals surface area contributed by atoms with Gasteiger partial charge < -0.3 is 9.47 Å². The van der Waals surface area contributed by atoms with Gasteiger partial charge >= 0.3 is 0 Å². The standard InChI is InChI=1S/C58H40N2/c1-5-17-41(18-6-1)46-31-36-50(42-19-7-2-8-20-42)54(39-46)44-29-33-48(34-30-44)59(56-38-32-43-21-13-14-26-51(43)58(56)45-22-9-3-10-23-45)49-35-37-53-52-27-15-16-28-55(52)60(57(53)40-49)47-24-11-4-12-25-47/h1-40H. The van der Waals surface area contributed by atoms with Crippen molar-refractivity contribution in [2.24, 2.45) is 0 Å². The molecular formula is C58H40N2. The third-order valence-electron chi connectivity index (χ3n) is 11.8. The van der Waals surface area contributed by atoms with Crippen LogP contribution in [0.3, 0.4) is 0 Å². The molecule has 0 aliphatic heterocycles. The van der Waals surface area contributed by atoms with Crippen LogP contribution < -0.4 is 4.90 Å². The van der Waals surface area contributed by atoms with E-state index in [0.717, 1.165) is 33.8 Å². The van der Waals surface area contributed by atoms with Crippen LogP contribution in [0.2, 0.25) is 0 Å². The van der Waals surface area contributed by atoms with Crippen LogP contribution in [0.15, 0.2) is 243 Å². The van der Waals surface area contributed by atoms with E-state index in [-0.39, 0.29) is 0 Å². The second-order valence-electron chi connectivity index (χ2n) is 15.3. The highest BCUT2D eigenvalue weighted by atomic mass is 15.1. The Morgan fingerprint density at radius 1 is 0.300 bits per heavy atom. The first-order chi connectivity index (χ1) is 29.8. The molecule has 2 heteroatoms. The van der Waals surface area contributed by atoms with E-state index in [1.54, 1.807) is 0 Å². The number of fused-ring (bicyclic) bond motifs is 4. The summed E-state index contributed by atoms with van der Waals surface area (Å²) in [5, 5.41) is 4.89. The van der Waals surface area contributed by atoms with E-state index in [0.29, 0.717) is 0 Å². The average molecular weight is 765 g/mol. The van der Waals surface area contributed by atoms with E-state index in [1.807, 2.05) is 0 Å². The number of para-hydroxylation sites is 2. The zero-order valence-electron chi connectivity index (χ0n) is 33.0. The molecule has 1 aromatic heterocycles. The first-order valence-electron chi connectivity index (χ1n) is 20.6. The number of nitrogens with zero attached hydrogens (tertiary/aromatic N) is 2. The van der Waals surface area contributed by atoms with Gasteiger partial charge in [0, 0.05) is 33.4 Å². The van der Waals surface area contributed by atoms with Crippen LogP contribution in [0, 0.1) is 0 Å². The van der Waals surface area contributed by atoms with E-state index in [2.05, 4.69) is 252 Å². The first-order valence-corrected chi connectivity index (χ1v) is 20.6. The quantitative estimate of drug-likeness (QED) is 0.150. The van der Waals surface area contributed by atoms with Gasteiger partial charge in [0.25, 0.3) is 0 Å². The summed E-state index contributed by atoms with van der Waals surface area (Å²) < 4.78 is 2.40. The lowest BCUT2D eigenvalue weighted by atomic mass is 9.91. The molecule has 2 nitrogen and oxygen atoms in total. The minimum atomic E-state index is 1.08. The Labute approximate surface area is 350 Å². The molecule has 0 aliphatic rings. The van der Waals surface area contributed by atoms with Gasteiger partial charge in [-0.15, -0.1) is 0 Å². The Morgan fingerprint density at radius 3 is 1.58 bits per heavy atom. The molecule has 60 heavy (non-hydrogen) atoms. The predicted octanol–water partition coefficient (Wildman–Crippen LogP) is 16.1. The monoisotopic (exact) mass is 764 g/mol. The Bertz CT molecular complexity index is 3280. The Balaban J connectivity index is 1.14. The fraction of sp³-hybridized carbons (Fsp3) is 0. The highest BCUT2D eigenvalue weighted by Gasteiger charge is 2.22. The zero-order valence-corrected chi connectivity index (χ0v) is 33.0. The van der Waals surface area contributed by atoms with Crippen LogP contribution in [0.25, 0.3) is 82.8 Å². The lowest BCUT2D eigenvalue weighted by Crippen LogP contribution is -2.11. The number of benzene rings is 10. The molecule has 0 spiro atoms. The molecule has 282 valence electrons. The van der Waals surface area contributed by atoms with Crippen molar-refractivity contribution in [1.82, 2.24) is 4.57 Å². The van der Waals surface area contributed by atoms with Crippen molar-refractivity contribution in [2.75, 3.05) is 4.90 Å². The van der Waals surface area contributed by atoms with Gasteiger partial charge in [-0.1, -0.05) is 188 Å². The van der Waals surface area contributed by atoms with Crippen LogP contribution in [-0.4, -0.2) is 4.57 Å². The summed E-state index contributed by atoms with van der Waals surface area (Å²) in [4.78, 5) is 2.45. The topological polar surface area (TPSA) is 8.17 Å². The van der Waals surface area contributed by atoms with Gasteiger partial charge in [-0.3, -0.25) is 0 Å². The van der Waals surface area contributed by atoms with Crippen molar-refractivity contribution in [3.05, 3.63) is 243 Å². The van der Waals surface area contributed by atoms with Crippen LogP contribution in [0.1, 0.15) is 0 Å². The maximum atomic E-state index is 2.45. The van der Waals surface area contributed by atoms with E-state index >= 15 is 0 Å². The van der Waals surface area contributed by atoms with Gasteiger partial charge in [-0.05, 0) is 104 Å². The molecule has 1 heterocycles. The van der Waals surface area contributed by atoms with Gasteiger partial charge in [0.1, 0.15) is 0 Å². The van der Waals surface area contributed by atoms with E-state index in [4.69, 9.17) is 0 Å². The molecule has 0 fully saturated rings. The SMILES string of the molecule is c1ccc(-c2ccc(-c3ccccc3)c(-c3ccc(N(c4ccc5c6ccccc6n(-c6ccccc6)c5c4)c4ccc5ccccc5c4-c4ccccc4)cc3)c2)cc1. The third kappa shape index (κ3) is 6.23. The van der Waals surface area contributed by atoms with Gasteiger partial charge in [-0.25, -0.2) is 0 Å². The van der Waals surface area contributed by atoms with Crippen molar-refractivity contribution >= 4 is 49.6 Å². The fourth-order valence-electron chi connectivity index (χ4n) is 8.99. The molecule has 0 radical (unpaired) electrons. The lowest BCUT2D eigenvalue weighted by molar-refractivity contribution is 1.18. The number of anilines is 3. The maximum absolute atomic E-state index is 2.45. The van der Waals surface area contributed by atoms with Gasteiger partial charge in [0.2, 0.25) is 0 Å². The molecule has 0 unspecified atom stereocenters. The van der Waals surface area contributed by atoms with Crippen LogP contribution in [-0.2, 0) is 0 Å². The summed E-state index contributed by atoms with van der Waals surface area (Å²) in [7, 11) is 0. The number of rotatable bonds is 8. The van der Waals surface area contributed by atoms with E-state index < -0.39 is 0 Å². The van der Waals surface area contributed by atoms with Crippen molar-refractivity contribution in [1.29, 1.82) is 0 Å². The van der Waals surface area contributed by atoms with Crippen molar-refractivity contribution in [3.63, 3.8) is 0 Å². The molecule has 0 N–H and O–H groups in total. The lowest BCUT2D eigenvalue weighted by Gasteiger charge is -2.29. The molecular weight excluding hydrogens is 725 g/mol. The van der Waals surface area contributed by atoms with Crippen molar-refractivity contribution < 1.29 is 0 Å². The second kappa shape index (κ2) is 15.1. The van der Waals surface area contributed by atoms with Crippen molar-refractivity contribution in [2.45, 2.75) is 0 Å². The molecule has 0 aliphatic carbocycles. The molecule has 11 aromatic rings. The highest BCUT2D eigenvalue weighted by Crippen LogP contribution is 2.46. The minimum absolute atomic E-state index is 1.08. The summed E-state index contributed by atoms with van der Waals surface area (Å²) in [5.74, 6) is 0. The van der Waals surface area contributed by atoms with Gasteiger partial charge in [-0.2, -0.15) is 0 Å². The fourth-order valence-corrected chi connectivity index (χ4v) is 8.99. The second-order valence-corrected chi connectivity index (χ2v) is 15.3. The summed E-state index contributed by atoms with van der Waals surface area (Å²) in [6.07, 6.45) is 0. The summed E-state index contributed by atoms with van der Waals surface area (Å²) in [6, 6.07) is 88.0. The zero-order chi connectivity index (χ0) is 39.8.